The van der Waals surface area contributed by atoms with Crippen LogP contribution in [-0.4, -0.2) is 24.5 Å². The van der Waals surface area contributed by atoms with Crippen molar-refractivity contribution in [3.05, 3.63) is 59.8 Å². The smallest absolute Gasteiger partial charge is 0.434 e. The summed E-state index contributed by atoms with van der Waals surface area (Å²) in [6.07, 6.45) is -1.98. The molecule has 0 bridgehead atoms. The van der Waals surface area contributed by atoms with Crippen LogP contribution in [0.15, 0.2) is 48.8 Å². The van der Waals surface area contributed by atoms with Crippen molar-refractivity contribution in [2.45, 2.75) is 6.18 Å². The lowest BCUT2D eigenvalue weighted by Crippen LogP contribution is -2.04. The topological polar surface area (TPSA) is 65.7 Å². The first-order valence-electron chi connectivity index (χ1n) is 7.98. The number of imidazole rings is 1. The summed E-state index contributed by atoms with van der Waals surface area (Å²) in [5.74, 6) is 0.784. The lowest BCUT2D eigenvalue weighted by Gasteiger charge is -2.08. The van der Waals surface area contributed by atoms with Crippen LogP contribution < -0.4 is 4.74 Å². The second-order valence-corrected chi connectivity index (χ2v) is 6.19. The van der Waals surface area contributed by atoms with Crippen LogP contribution in [0, 0.1) is 0 Å². The minimum Gasteiger partial charge on any atom is -0.437 e. The number of hydrogen-bond acceptors (Lipinski definition) is 5. The summed E-state index contributed by atoms with van der Waals surface area (Å²) in [6, 6.07) is 9.86. The van der Waals surface area contributed by atoms with Crippen molar-refractivity contribution in [1.29, 1.82) is 0 Å². The molecule has 0 fully saturated rings. The van der Waals surface area contributed by atoms with E-state index in [-0.39, 0.29) is 17.0 Å². The van der Waals surface area contributed by atoms with Gasteiger partial charge in [-0.3, -0.25) is 0 Å². The molecule has 0 aliphatic rings. The van der Waals surface area contributed by atoms with Crippen molar-refractivity contribution in [1.82, 2.24) is 24.5 Å². The van der Waals surface area contributed by atoms with E-state index in [1.165, 1.54) is 11.6 Å². The molecule has 4 rings (SSSR count). The van der Waals surface area contributed by atoms with E-state index in [9.17, 15) is 13.2 Å². The Hall–Kier alpha value is -3.20. The van der Waals surface area contributed by atoms with Crippen LogP contribution in [0.5, 0.6) is 11.6 Å². The van der Waals surface area contributed by atoms with Crippen molar-refractivity contribution in [3.63, 3.8) is 0 Å². The minimum absolute atomic E-state index is 0.0137. The van der Waals surface area contributed by atoms with E-state index in [1.807, 2.05) is 0 Å². The fourth-order valence-corrected chi connectivity index (χ4v) is 2.81. The van der Waals surface area contributed by atoms with E-state index in [0.29, 0.717) is 22.3 Å². The Labute approximate surface area is 161 Å². The summed E-state index contributed by atoms with van der Waals surface area (Å²) in [7, 11) is 1.50. The molecule has 0 atom stereocenters. The number of fused-ring (bicyclic) bond motifs is 1. The maximum absolute atomic E-state index is 12.8. The molecule has 4 aromatic rings. The Morgan fingerprint density at radius 3 is 2.46 bits per heavy atom. The van der Waals surface area contributed by atoms with E-state index in [1.54, 1.807) is 42.6 Å². The molecule has 142 valence electrons. The monoisotopic (exact) mass is 405 g/mol. The van der Waals surface area contributed by atoms with E-state index in [4.69, 9.17) is 16.3 Å². The summed E-state index contributed by atoms with van der Waals surface area (Å²) in [5, 5.41) is 0.0137. The quantitative estimate of drug-likeness (QED) is 0.454. The first-order chi connectivity index (χ1) is 13.3. The molecule has 3 heterocycles. The molecule has 0 aliphatic carbocycles. The Bertz CT molecular complexity index is 1160. The third kappa shape index (κ3) is 3.48. The summed E-state index contributed by atoms with van der Waals surface area (Å²) >= 11 is 5.92. The zero-order valence-corrected chi connectivity index (χ0v) is 15.0. The van der Waals surface area contributed by atoms with Crippen LogP contribution in [0.25, 0.3) is 22.4 Å². The standard InChI is InChI=1S/C18H11ClF3N5O/c1-27-9-13(18(20,21)22)25-15(27)10-4-6-11(7-5-10)28-16-14-12(3-2-8-23-14)24-17(19)26-16/h2-9H,1H3. The molecule has 10 heteroatoms. The Kier molecular flexibility index (Phi) is 4.38. The van der Waals surface area contributed by atoms with Crippen molar-refractivity contribution in [2.75, 3.05) is 0 Å². The molecule has 0 amide bonds. The number of aryl methyl sites for hydroxylation is 1. The summed E-state index contributed by atoms with van der Waals surface area (Å²) < 4.78 is 45.6. The molecule has 0 saturated heterocycles. The number of hydrogen-bond donors (Lipinski definition) is 0. The fourth-order valence-electron chi connectivity index (χ4n) is 2.64. The zero-order valence-electron chi connectivity index (χ0n) is 14.3. The molecular weight excluding hydrogens is 395 g/mol. The highest BCUT2D eigenvalue weighted by Crippen LogP contribution is 2.32. The molecule has 0 saturated carbocycles. The average molecular weight is 406 g/mol. The molecule has 0 radical (unpaired) electrons. The predicted octanol–water partition coefficient (Wildman–Crippen LogP) is 4.89. The zero-order chi connectivity index (χ0) is 19.9. The lowest BCUT2D eigenvalue weighted by molar-refractivity contribution is -0.140. The predicted molar refractivity (Wildman–Crippen MR) is 96.1 cm³/mol. The van der Waals surface area contributed by atoms with Crippen LogP contribution >= 0.6 is 11.6 Å². The number of benzene rings is 1. The van der Waals surface area contributed by atoms with Crippen molar-refractivity contribution < 1.29 is 17.9 Å². The van der Waals surface area contributed by atoms with Crippen LogP contribution in [0.2, 0.25) is 5.28 Å². The van der Waals surface area contributed by atoms with Crippen LogP contribution in [0.3, 0.4) is 0 Å². The second kappa shape index (κ2) is 6.75. The lowest BCUT2D eigenvalue weighted by atomic mass is 10.2. The molecular formula is C18H11ClF3N5O. The Morgan fingerprint density at radius 2 is 1.79 bits per heavy atom. The van der Waals surface area contributed by atoms with Gasteiger partial charge >= 0.3 is 6.18 Å². The highest BCUT2D eigenvalue weighted by atomic mass is 35.5. The van der Waals surface area contributed by atoms with Gasteiger partial charge in [0.05, 0.1) is 5.52 Å². The van der Waals surface area contributed by atoms with Gasteiger partial charge in [0.2, 0.25) is 5.28 Å². The van der Waals surface area contributed by atoms with Gasteiger partial charge in [0.25, 0.3) is 5.88 Å². The molecule has 3 aromatic heterocycles. The Balaban J connectivity index is 1.64. The number of ether oxygens (including phenoxy) is 1. The number of aromatic nitrogens is 5. The first kappa shape index (κ1) is 18.2. The van der Waals surface area contributed by atoms with Gasteiger partial charge in [-0.2, -0.15) is 18.2 Å². The normalized spacial score (nSPS) is 11.8. The number of nitrogens with zero attached hydrogens (tertiary/aromatic N) is 5. The van der Waals surface area contributed by atoms with Crippen molar-refractivity contribution >= 4 is 22.6 Å². The molecule has 0 unspecified atom stereocenters. The number of halogens is 4. The molecule has 6 nitrogen and oxygen atoms in total. The largest absolute Gasteiger partial charge is 0.437 e. The van der Waals surface area contributed by atoms with E-state index in [2.05, 4.69) is 19.9 Å². The molecule has 1 aromatic carbocycles. The summed E-state index contributed by atoms with van der Waals surface area (Å²) in [5.41, 5.74) is 0.532. The van der Waals surface area contributed by atoms with Gasteiger partial charge < -0.3 is 9.30 Å². The maximum atomic E-state index is 12.8. The fraction of sp³-hybridized carbons (Fsp3) is 0.111. The first-order valence-corrected chi connectivity index (χ1v) is 8.36. The van der Waals surface area contributed by atoms with Crippen LogP contribution in [-0.2, 0) is 13.2 Å². The van der Waals surface area contributed by atoms with Gasteiger partial charge in [-0.15, -0.1) is 0 Å². The second-order valence-electron chi connectivity index (χ2n) is 5.85. The highest BCUT2D eigenvalue weighted by molar-refractivity contribution is 6.28. The summed E-state index contributed by atoms with van der Waals surface area (Å²) in [6.45, 7) is 0. The summed E-state index contributed by atoms with van der Waals surface area (Å²) in [4.78, 5) is 16.0. The van der Waals surface area contributed by atoms with Crippen LogP contribution in [0.1, 0.15) is 5.69 Å². The number of rotatable bonds is 3. The van der Waals surface area contributed by atoms with Gasteiger partial charge in [-0.25, -0.2) is 15.0 Å². The van der Waals surface area contributed by atoms with E-state index < -0.39 is 11.9 Å². The van der Waals surface area contributed by atoms with Gasteiger partial charge in [0, 0.05) is 25.0 Å². The number of alkyl halides is 3. The average Bonchev–Trinajstić information content (AvgIpc) is 3.04. The van der Waals surface area contributed by atoms with Gasteiger partial charge in [0.1, 0.15) is 11.6 Å². The van der Waals surface area contributed by atoms with Crippen LogP contribution in [0.4, 0.5) is 13.2 Å². The highest BCUT2D eigenvalue weighted by Gasteiger charge is 2.34. The number of pyridine rings is 1. The molecule has 0 aliphatic heterocycles. The van der Waals surface area contributed by atoms with Crippen molar-refractivity contribution in [3.8, 4) is 23.0 Å². The SMILES string of the molecule is Cn1cc(C(F)(F)F)nc1-c1ccc(Oc2nc(Cl)nc3cccnc23)cc1. The van der Waals surface area contributed by atoms with Gasteiger partial charge in [0.15, 0.2) is 11.2 Å². The van der Waals surface area contributed by atoms with Gasteiger partial charge in [-0.1, -0.05) is 0 Å². The molecule has 0 spiro atoms. The molecule has 0 N–H and O–H groups in total. The third-order valence-corrected chi connectivity index (χ3v) is 4.06. The molecule has 28 heavy (non-hydrogen) atoms. The van der Waals surface area contributed by atoms with Crippen molar-refractivity contribution in [2.24, 2.45) is 7.05 Å². The van der Waals surface area contributed by atoms with Gasteiger partial charge in [-0.05, 0) is 48.0 Å². The Morgan fingerprint density at radius 1 is 1.04 bits per heavy atom. The van der Waals surface area contributed by atoms with E-state index >= 15 is 0 Å². The van der Waals surface area contributed by atoms with E-state index in [0.717, 1.165) is 6.20 Å². The minimum atomic E-state index is -4.50. The maximum Gasteiger partial charge on any atom is 0.434 e. The third-order valence-electron chi connectivity index (χ3n) is 3.89.